The van der Waals surface area contributed by atoms with Crippen molar-refractivity contribution in [2.75, 3.05) is 16.8 Å². The van der Waals surface area contributed by atoms with Crippen molar-refractivity contribution in [1.29, 1.82) is 0 Å². The fraction of sp³-hybridized carbons (Fsp3) is 0.222. The van der Waals surface area contributed by atoms with E-state index in [1.165, 1.54) is 10.5 Å². The predicted molar refractivity (Wildman–Crippen MR) is 132 cm³/mol. The molecule has 4 aromatic rings. The molecule has 1 unspecified atom stereocenters. The number of aromatic nitrogens is 2. The second-order valence-corrected chi connectivity index (χ2v) is 8.48. The van der Waals surface area contributed by atoms with E-state index in [-0.39, 0.29) is 18.4 Å². The molecule has 1 N–H and O–H groups in total. The molecule has 0 saturated carbocycles. The number of para-hydroxylation sites is 2. The van der Waals surface area contributed by atoms with E-state index >= 15 is 0 Å². The molecular formula is C27H26N4O3. The lowest BCUT2D eigenvalue weighted by Gasteiger charge is -2.32. The fourth-order valence-electron chi connectivity index (χ4n) is 4.32. The predicted octanol–water partition coefficient (Wildman–Crippen LogP) is 4.11. The quantitative estimate of drug-likeness (QED) is 0.476. The standard InChI is InChI=1S/C27H26N4O3/c1-18-27(33)31(23-10-6-7-11-24(23)34-18)17-26(32)28-20-13-14-22-21(16-20)29-25(30(22)2)15-12-19-8-4-3-5-9-19/h3-11,13-14,16,18H,12,15,17H2,1-2H3,(H,28,32). The number of carbonyl (C=O) groups is 2. The molecule has 0 radical (unpaired) electrons. The molecule has 1 aromatic heterocycles. The fourth-order valence-corrected chi connectivity index (χ4v) is 4.32. The van der Waals surface area contributed by atoms with Crippen LogP contribution in [-0.4, -0.2) is 34.0 Å². The Morgan fingerprint density at radius 3 is 2.62 bits per heavy atom. The Balaban J connectivity index is 1.30. The first-order chi connectivity index (χ1) is 16.5. The van der Waals surface area contributed by atoms with Crippen LogP contribution in [-0.2, 0) is 29.5 Å². The van der Waals surface area contributed by atoms with Crippen LogP contribution in [0.2, 0.25) is 0 Å². The Kier molecular flexibility index (Phi) is 5.76. The van der Waals surface area contributed by atoms with Gasteiger partial charge < -0.3 is 14.6 Å². The maximum Gasteiger partial charge on any atom is 0.268 e. The highest BCUT2D eigenvalue weighted by Gasteiger charge is 2.32. The van der Waals surface area contributed by atoms with E-state index in [2.05, 4.69) is 22.0 Å². The van der Waals surface area contributed by atoms with E-state index in [9.17, 15) is 9.59 Å². The Bertz CT molecular complexity index is 1360. The van der Waals surface area contributed by atoms with Crippen LogP contribution >= 0.6 is 0 Å². The topological polar surface area (TPSA) is 76.5 Å². The van der Waals surface area contributed by atoms with Crippen LogP contribution in [0.1, 0.15) is 18.3 Å². The van der Waals surface area contributed by atoms with Crippen molar-refractivity contribution in [3.05, 3.63) is 84.2 Å². The van der Waals surface area contributed by atoms with Crippen molar-refractivity contribution in [3.8, 4) is 5.75 Å². The molecule has 34 heavy (non-hydrogen) atoms. The molecule has 0 aliphatic carbocycles. The molecule has 0 fully saturated rings. The van der Waals surface area contributed by atoms with Gasteiger partial charge in [0.1, 0.15) is 18.1 Å². The zero-order chi connectivity index (χ0) is 23.7. The summed E-state index contributed by atoms with van der Waals surface area (Å²) in [4.78, 5) is 31.8. The van der Waals surface area contributed by atoms with Gasteiger partial charge in [0.15, 0.2) is 6.10 Å². The van der Waals surface area contributed by atoms with Crippen molar-refractivity contribution in [3.63, 3.8) is 0 Å². The highest BCUT2D eigenvalue weighted by atomic mass is 16.5. The highest BCUT2D eigenvalue weighted by Crippen LogP contribution is 2.33. The van der Waals surface area contributed by atoms with Crippen LogP contribution in [0, 0.1) is 0 Å². The number of hydrogen-bond acceptors (Lipinski definition) is 4. The van der Waals surface area contributed by atoms with Crippen LogP contribution in [0.15, 0.2) is 72.8 Å². The van der Waals surface area contributed by atoms with E-state index in [1.54, 1.807) is 19.1 Å². The molecule has 1 aliphatic rings. The number of imidazole rings is 1. The normalized spacial score (nSPS) is 15.2. The third-order valence-corrected chi connectivity index (χ3v) is 6.11. The van der Waals surface area contributed by atoms with Crippen molar-refractivity contribution in [1.82, 2.24) is 9.55 Å². The molecule has 2 amide bonds. The van der Waals surface area contributed by atoms with Gasteiger partial charge in [0, 0.05) is 19.2 Å². The Labute approximate surface area is 198 Å². The molecule has 7 heteroatoms. The third kappa shape index (κ3) is 4.24. The molecule has 1 atom stereocenters. The molecule has 2 heterocycles. The second-order valence-electron chi connectivity index (χ2n) is 8.48. The lowest BCUT2D eigenvalue weighted by atomic mass is 10.1. The molecule has 0 saturated heterocycles. The second kappa shape index (κ2) is 9.02. The summed E-state index contributed by atoms with van der Waals surface area (Å²) in [5.41, 5.74) is 4.35. The number of fused-ring (bicyclic) bond motifs is 2. The van der Waals surface area contributed by atoms with E-state index in [0.717, 1.165) is 29.7 Å². The maximum atomic E-state index is 12.8. The highest BCUT2D eigenvalue weighted by molar-refractivity contribution is 6.06. The van der Waals surface area contributed by atoms with Gasteiger partial charge in [-0.05, 0) is 49.2 Å². The van der Waals surface area contributed by atoms with E-state index in [1.807, 2.05) is 55.6 Å². The van der Waals surface area contributed by atoms with E-state index in [0.29, 0.717) is 17.1 Å². The summed E-state index contributed by atoms with van der Waals surface area (Å²) in [6.45, 7) is 1.60. The van der Waals surface area contributed by atoms with E-state index < -0.39 is 6.10 Å². The maximum absolute atomic E-state index is 12.8. The number of carbonyl (C=O) groups excluding carboxylic acids is 2. The lowest BCUT2D eigenvalue weighted by Crippen LogP contribution is -2.47. The van der Waals surface area contributed by atoms with Crippen LogP contribution in [0.5, 0.6) is 5.75 Å². The zero-order valence-electron chi connectivity index (χ0n) is 19.2. The van der Waals surface area contributed by atoms with Gasteiger partial charge in [-0.1, -0.05) is 42.5 Å². The van der Waals surface area contributed by atoms with Crippen molar-refractivity contribution >= 4 is 34.2 Å². The minimum absolute atomic E-state index is 0.0911. The summed E-state index contributed by atoms with van der Waals surface area (Å²) in [7, 11) is 2.01. The van der Waals surface area contributed by atoms with Crippen molar-refractivity contribution in [2.45, 2.75) is 25.9 Å². The van der Waals surface area contributed by atoms with Gasteiger partial charge in [0.2, 0.25) is 5.91 Å². The smallest absolute Gasteiger partial charge is 0.268 e. The average molecular weight is 455 g/mol. The molecule has 3 aromatic carbocycles. The summed E-state index contributed by atoms with van der Waals surface area (Å²) in [6, 6.07) is 23.3. The average Bonchev–Trinajstić information content (AvgIpc) is 3.16. The molecule has 0 spiro atoms. The van der Waals surface area contributed by atoms with Crippen LogP contribution in [0.4, 0.5) is 11.4 Å². The molecule has 7 nitrogen and oxygen atoms in total. The first kappa shape index (κ1) is 21.7. The number of nitrogens with zero attached hydrogens (tertiary/aromatic N) is 3. The van der Waals surface area contributed by atoms with Gasteiger partial charge in [0.25, 0.3) is 5.91 Å². The monoisotopic (exact) mass is 454 g/mol. The summed E-state index contributed by atoms with van der Waals surface area (Å²) in [5, 5.41) is 2.91. The number of amides is 2. The Morgan fingerprint density at radius 1 is 1.03 bits per heavy atom. The van der Waals surface area contributed by atoms with Gasteiger partial charge in [-0.15, -0.1) is 0 Å². The minimum Gasteiger partial charge on any atom is -0.479 e. The number of benzene rings is 3. The summed E-state index contributed by atoms with van der Waals surface area (Å²) < 4.78 is 7.74. The number of nitrogens with one attached hydrogen (secondary N) is 1. The van der Waals surface area contributed by atoms with Crippen LogP contribution in [0.3, 0.4) is 0 Å². The summed E-state index contributed by atoms with van der Waals surface area (Å²) in [6.07, 6.45) is 1.10. The summed E-state index contributed by atoms with van der Waals surface area (Å²) >= 11 is 0. The lowest BCUT2D eigenvalue weighted by molar-refractivity contribution is -0.127. The zero-order valence-corrected chi connectivity index (χ0v) is 19.2. The minimum atomic E-state index is -0.637. The largest absolute Gasteiger partial charge is 0.479 e. The molecular weight excluding hydrogens is 428 g/mol. The van der Waals surface area contributed by atoms with Crippen molar-refractivity contribution < 1.29 is 14.3 Å². The third-order valence-electron chi connectivity index (χ3n) is 6.11. The van der Waals surface area contributed by atoms with Crippen LogP contribution in [0.25, 0.3) is 11.0 Å². The first-order valence-electron chi connectivity index (χ1n) is 11.4. The molecule has 1 aliphatic heterocycles. The van der Waals surface area contributed by atoms with Crippen LogP contribution < -0.4 is 15.0 Å². The SMILES string of the molecule is CC1Oc2ccccc2N(CC(=O)Nc2ccc3c(c2)nc(CCc2ccccc2)n3C)C1=O. The Hall–Kier alpha value is -4.13. The van der Waals surface area contributed by atoms with Gasteiger partial charge >= 0.3 is 0 Å². The molecule has 5 rings (SSSR count). The number of hydrogen-bond donors (Lipinski definition) is 1. The van der Waals surface area contributed by atoms with Gasteiger partial charge in [-0.3, -0.25) is 14.5 Å². The van der Waals surface area contributed by atoms with Gasteiger partial charge in [0.05, 0.1) is 16.7 Å². The molecule has 172 valence electrons. The Morgan fingerprint density at radius 2 is 1.79 bits per heavy atom. The van der Waals surface area contributed by atoms with Gasteiger partial charge in [-0.2, -0.15) is 0 Å². The number of aryl methyl sites for hydroxylation is 3. The molecule has 0 bridgehead atoms. The number of anilines is 2. The van der Waals surface area contributed by atoms with E-state index in [4.69, 9.17) is 9.72 Å². The number of ether oxygens (including phenoxy) is 1. The number of rotatable bonds is 6. The van der Waals surface area contributed by atoms with Gasteiger partial charge in [-0.25, -0.2) is 4.98 Å². The first-order valence-corrected chi connectivity index (χ1v) is 11.4. The van der Waals surface area contributed by atoms with Crippen molar-refractivity contribution in [2.24, 2.45) is 7.05 Å². The summed E-state index contributed by atoms with van der Waals surface area (Å²) in [5.74, 6) is 1.07.